The quantitative estimate of drug-likeness (QED) is 0.922. The van der Waals surface area contributed by atoms with Gasteiger partial charge in [-0.25, -0.2) is 9.37 Å². The van der Waals surface area contributed by atoms with Gasteiger partial charge in [0.05, 0.1) is 6.20 Å². The van der Waals surface area contributed by atoms with Crippen LogP contribution in [0.3, 0.4) is 0 Å². The van der Waals surface area contributed by atoms with Crippen LogP contribution in [0.15, 0.2) is 18.3 Å². The van der Waals surface area contributed by atoms with E-state index < -0.39 is 5.82 Å². The molecule has 2 rings (SSSR count). The van der Waals surface area contributed by atoms with E-state index in [0.29, 0.717) is 6.61 Å². The Morgan fingerprint density at radius 2 is 1.84 bits per heavy atom. The summed E-state index contributed by atoms with van der Waals surface area (Å²) in [5, 5.41) is 0. The van der Waals surface area contributed by atoms with E-state index in [-0.39, 0.29) is 11.8 Å². The first-order chi connectivity index (χ1) is 8.97. The molecule has 0 bridgehead atoms. The van der Waals surface area contributed by atoms with Crippen molar-refractivity contribution in [1.82, 2.24) is 9.97 Å². The lowest BCUT2D eigenvalue weighted by molar-refractivity contribution is 0.278. The molecule has 0 unspecified atom stereocenters. The van der Waals surface area contributed by atoms with Crippen molar-refractivity contribution < 1.29 is 9.13 Å². The lowest BCUT2D eigenvalue weighted by Crippen LogP contribution is -2.05. The standard InChI is InChI=1S/C14H16FN3O/c1-8-4-9(2)11(10(3)5-8)7-19-14-17-6-12(15)13(16)18-14/h4-6H,7H2,1-3H3,(H2,16,17,18). The SMILES string of the molecule is Cc1cc(C)c(COc2ncc(F)c(N)n2)c(C)c1. The van der Waals surface area contributed by atoms with Crippen molar-refractivity contribution in [3.05, 3.63) is 46.4 Å². The number of aryl methyl sites for hydroxylation is 3. The number of aromatic nitrogens is 2. The number of anilines is 1. The zero-order valence-corrected chi connectivity index (χ0v) is 11.2. The molecular formula is C14H16FN3O. The number of hydrogen-bond acceptors (Lipinski definition) is 4. The molecule has 19 heavy (non-hydrogen) atoms. The molecule has 0 aliphatic rings. The maximum atomic E-state index is 12.9. The van der Waals surface area contributed by atoms with E-state index in [0.717, 1.165) is 22.9 Å². The second-order valence-corrected chi connectivity index (χ2v) is 4.55. The number of halogens is 1. The van der Waals surface area contributed by atoms with E-state index in [9.17, 15) is 4.39 Å². The van der Waals surface area contributed by atoms with E-state index in [1.54, 1.807) is 0 Å². The average Bonchev–Trinajstić information content (AvgIpc) is 2.32. The van der Waals surface area contributed by atoms with Crippen LogP contribution in [0.2, 0.25) is 0 Å². The average molecular weight is 261 g/mol. The maximum absolute atomic E-state index is 12.9. The topological polar surface area (TPSA) is 61.0 Å². The van der Waals surface area contributed by atoms with Crippen molar-refractivity contribution in [2.24, 2.45) is 0 Å². The molecule has 0 radical (unpaired) electrons. The van der Waals surface area contributed by atoms with Crippen LogP contribution in [-0.4, -0.2) is 9.97 Å². The lowest BCUT2D eigenvalue weighted by atomic mass is 10.0. The zero-order chi connectivity index (χ0) is 14.0. The molecule has 0 saturated heterocycles. The Kier molecular flexibility index (Phi) is 3.64. The normalized spacial score (nSPS) is 10.5. The van der Waals surface area contributed by atoms with Crippen LogP contribution in [0.25, 0.3) is 0 Å². The van der Waals surface area contributed by atoms with Crippen LogP contribution in [0.1, 0.15) is 22.3 Å². The van der Waals surface area contributed by atoms with Gasteiger partial charge in [0.25, 0.3) is 0 Å². The van der Waals surface area contributed by atoms with Gasteiger partial charge in [-0.3, -0.25) is 0 Å². The second-order valence-electron chi connectivity index (χ2n) is 4.55. The summed E-state index contributed by atoms with van der Waals surface area (Å²) in [7, 11) is 0. The van der Waals surface area contributed by atoms with Crippen molar-refractivity contribution in [3.8, 4) is 6.01 Å². The Morgan fingerprint density at radius 1 is 1.21 bits per heavy atom. The fourth-order valence-electron chi connectivity index (χ4n) is 2.01. The Hall–Kier alpha value is -2.17. The molecule has 0 saturated carbocycles. The molecule has 4 nitrogen and oxygen atoms in total. The molecule has 1 aromatic carbocycles. The molecule has 0 aliphatic heterocycles. The Bertz CT molecular complexity index is 591. The third-order valence-electron chi connectivity index (χ3n) is 2.94. The molecule has 0 spiro atoms. The minimum absolute atomic E-state index is 0.0817. The highest BCUT2D eigenvalue weighted by Crippen LogP contribution is 2.18. The minimum Gasteiger partial charge on any atom is -0.459 e. The van der Waals surface area contributed by atoms with Crippen molar-refractivity contribution in [1.29, 1.82) is 0 Å². The summed E-state index contributed by atoms with van der Waals surface area (Å²) in [5.74, 6) is -0.850. The first-order valence-electron chi connectivity index (χ1n) is 5.95. The molecule has 100 valence electrons. The van der Waals surface area contributed by atoms with E-state index in [2.05, 4.69) is 29.0 Å². The summed E-state index contributed by atoms with van der Waals surface area (Å²) in [6, 6.07) is 4.26. The number of nitrogens with two attached hydrogens (primary N) is 1. The maximum Gasteiger partial charge on any atom is 0.318 e. The van der Waals surface area contributed by atoms with Crippen molar-refractivity contribution >= 4 is 5.82 Å². The van der Waals surface area contributed by atoms with Gasteiger partial charge in [0.15, 0.2) is 11.6 Å². The molecule has 5 heteroatoms. The number of nitrogen functional groups attached to an aromatic ring is 1. The van der Waals surface area contributed by atoms with Gasteiger partial charge >= 0.3 is 6.01 Å². The minimum atomic E-state index is -0.643. The molecule has 0 amide bonds. The van der Waals surface area contributed by atoms with Gasteiger partial charge in [0, 0.05) is 0 Å². The fraction of sp³-hybridized carbons (Fsp3) is 0.286. The largest absolute Gasteiger partial charge is 0.459 e. The first-order valence-corrected chi connectivity index (χ1v) is 5.95. The van der Waals surface area contributed by atoms with Gasteiger partial charge in [-0.2, -0.15) is 4.98 Å². The van der Waals surface area contributed by atoms with E-state index in [1.165, 1.54) is 5.56 Å². The number of rotatable bonds is 3. The number of nitrogens with zero attached hydrogens (tertiary/aromatic N) is 2. The van der Waals surface area contributed by atoms with E-state index in [4.69, 9.17) is 10.5 Å². The molecule has 0 fully saturated rings. The molecule has 0 aliphatic carbocycles. The molecule has 0 atom stereocenters. The summed E-state index contributed by atoms with van der Waals surface area (Å²) < 4.78 is 18.4. The van der Waals surface area contributed by atoms with Crippen LogP contribution in [0.4, 0.5) is 10.2 Å². The molecule has 2 N–H and O–H groups in total. The molecule has 2 aromatic rings. The van der Waals surface area contributed by atoms with Crippen molar-refractivity contribution in [2.75, 3.05) is 5.73 Å². The van der Waals surface area contributed by atoms with Crippen LogP contribution < -0.4 is 10.5 Å². The van der Waals surface area contributed by atoms with Gasteiger partial charge < -0.3 is 10.5 Å². The number of benzene rings is 1. The Morgan fingerprint density at radius 3 is 2.42 bits per heavy atom. The highest BCUT2D eigenvalue weighted by molar-refractivity contribution is 5.37. The summed E-state index contributed by atoms with van der Waals surface area (Å²) in [5.41, 5.74) is 9.94. The van der Waals surface area contributed by atoms with Crippen LogP contribution in [-0.2, 0) is 6.61 Å². The highest BCUT2D eigenvalue weighted by atomic mass is 19.1. The summed E-state index contributed by atoms with van der Waals surface area (Å²) in [4.78, 5) is 7.48. The van der Waals surface area contributed by atoms with Gasteiger partial charge in [-0.05, 0) is 37.5 Å². The van der Waals surface area contributed by atoms with Gasteiger partial charge in [0.2, 0.25) is 0 Å². The molecule has 1 aromatic heterocycles. The zero-order valence-electron chi connectivity index (χ0n) is 11.2. The smallest absolute Gasteiger partial charge is 0.318 e. The monoisotopic (exact) mass is 261 g/mol. The summed E-state index contributed by atoms with van der Waals surface area (Å²) in [6.45, 7) is 6.44. The second kappa shape index (κ2) is 5.22. The predicted octanol–water partition coefficient (Wildman–Crippen LogP) is 2.70. The van der Waals surface area contributed by atoms with Crippen molar-refractivity contribution in [2.45, 2.75) is 27.4 Å². The van der Waals surface area contributed by atoms with E-state index in [1.807, 2.05) is 13.8 Å². The summed E-state index contributed by atoms with van der Waals surface area (Å²) in [6.07, 6.45) is 1.01. The third-order valence-corrected chi connectivity index (χ3v) is 2.94. The predicted molar refractivity (Wildman–Crippen MR) is 71.4 cm³/mol. The summed E-state index contributed by atoms with van der Waals surface area (Å²) >= 11 is 0. The van der Waals surface area contributed by atoms with Gasteiger partial charge in [-0.15, -0.1) is 0 Å². The van der Waals surface area contributed by atoms with Crippen LogP contribution >= 0.6 is 0 Å². The first kappa shape index (κ1) is 13.3. The van der Waals surface area contributed by atoms with E-state index >= 15 is 0 Å². The van der Waals surface area contributed by atoms with Gasteiger partial charge in [0.1, 0.15) is 6.61 Å². The number of hydrogen-bond donors (Lipinski definition) is 1. The third kappa shape index (κ3) is 2.99. The Balaban J connectivity index is 2.16. The lowest BCUT2D eigenvalue weighted by Gasteiger charge is -2.11. The van der Waals surface area contributed by atoms with Crippen LogP contribution in [0.5, 0.6) is 6.01 Å². The molecule has 1 heterocycles. The van der Waals surface area contributed by atoms with Gasteiger partial charge in [-0.1, -0.05) is 17.7 Å². The van der Waals surface area contributed by atoms with Crippen LogP contribution in [0, 0.1) is 26.6 Å². The number of ether oxygens (including phenoxy) is 1. The Labute approximate surface area is 111 Å². The highest BCUT2D eigenvalue weighted by Gasteiger charge is 2.08. The van der Waals surface area contributed by atoms with Crippen molar-refractivity contribution in [3.63, 3.8) is 0 Å². The fourth-order valence-corrected chi connectivity index (χ4v) is 2.01. The molecular weight excluding hydrogens is 245 g/mol.